The molecule has 0 aliphatic carbocycles. The lowest BCUT2D eigenvalue weighted by Crippen LogP contribution is -2.10. The summed E-state index contributed by atoms with van der Waals surface area (Å²) in [6.07, 6.45) is 0.594. The first-order chi connectivity index (χ1) is 8.65. The van der Waals surface area contributed by atoms with Gasteiger partial charge in [-0.05, 0) is 34.9 Å². The van der Waals surface area contributed by atoms with Gasteiger partial charge in [-0.1, -0.05) is 31.2 Å². The van der Waals surface area contributed by atoms with Crippen LogP contribution in [-0.2, 0) is 4.79 Å². The third-order valence-electron chi connectivity index (χ3n) is 3.18. The minimum Gasteiger partial charge on any atom is -0.497 e. The lowest BCUT2D eigenvalue weighted by Gasteiger charge is -2.11. The predicted molar refractivity (Wildman–Crippen MR) is 71.2 cm³/mol. The highest BCUT2D eigenvalue weighted by atomic mass is 16.5. The summed E-state index contributed by atoms with van der Waals surface area (Å²) in [6, 6.07) is 11.5. The van der Waals surface area contributed by atoms with E-state index in [9.17, 15) is 4.79 Å². The van der Waals surface area contributed by atoms with Crippen LogP contribution >= 0.6 is 0 Å². The average molecular weight is 244 g/mol. The van der Waals surface area contributed by atoms with E-state index in [1.807, 2.05) is 43.3 Å². The minimum absolute atomic E-state index is 0.434. The fourth-order valence-corrected chi connectivity index (χ4v) is 2.14. The SMILES string of the molecule is CC[C@H](C(=O)O)c1ccc2cc(OC)ccc2c1. The second-order valence-electron chi connectivity index (χ2n) is 4.27. The minimum atomic E-state index is -0.773. The van der Waals surface area contributed by atoms with Gasteiger partial charge in [0, 0.05) is 0 Å². The van der Waals surface area contributed by atoms with E-state index >= 15 is 0 Å². The Balaban J connectivity index is 2.47. The lowest BCUT2D eigenvalue weighted by molar-refractivity contribution is -0.138. The van der Waals surface area contributed by atoms with Gasteiger partial charge in [0.15, 0.2) is 0 Å². The zero-order chi connectivity index (χ0) is 13.1. The molecule has 94 valence electrons. The van der Waals surface area contributed by atoms with E-state index in [4.69, 9.17) is 9.84 Å². The van der Waals surface area contributed by atoms with Crippen LogP contribution in [0.25, 0.3) is 10.8 Å². The Bertz CT molecular complexity index is 575. The lowest BCUT2D eigenvalue weighted by atomic mass is 9.94. The summed E-state index contributed by atoms with van der Waals surface area (Å²) in [6.45, 7) is 1.89. The third kappa shape index (κ3) is 2.30. The molecule has 0 heterocycles. The van der Waals surface area contributed by atoms with Gasteiger partial charge in [0.2, 0.25) is 0 Å². The van der Waals surface area contributed by atoms with Crippen LogP contribution in [0.15, 0.2) is 36.4 Å². The molecule has 0 saturated heterocycles. The largest absolute Gasteiger partial charge is 0.497 e. The van der Waals surface area contributed by atoms with E-state index in [-0.39, 0.29) is 0 Å². The summed E-state index contributed by atoms with van der Waals surface area (Å²) in [5.74, 6) is -0.401. The summed E-state index contributed by atoms with van der Waals surface area (Å²) in [4.78, 5) is 11.1. The Labute approximate surface area is 106 Å². The van der Waals surface area contributed by atoms with Crippen molar-refractivity contribution >= 4 is 16.7 Å². The number of fused-ring (bicyclic) bond motifs is 1. The monoisotopic (exact) mass is 244 g/mol. The Morgan fingerprint density at radius 2 is 1.89 bits per heavy atom. The number of aliphatic carboxylic acids is 1. The molecule has 2 aromatic carbocycles. The number of benzene rings is 2. The quantitative estimate of drug-likeness (QED) is 0.896. The molecule has 0 saturated carbocycles. The van der Waals surface area contributed by atoms with Crippen LogP contribution in [-0.4, -0.2) is 18.2 Å². The van der Waals surface area contributed by atoms with Gasteiger partial charge in [-0.3, -0.25) is 4.79 Å². The molecule has 3 heteroatoms. The zero-order valence-corrected chi connectivity index (χ0v) is 10.5. The summed E-state index contributed by atoms with van der Waals surface area (Å²) in [7, 11) is 1.63. The molecule has 0 spiro atoms. The van der Waals surface area contributed by atoms with Crippen molar-refractivity contribution < 1.29 is 14.6 Å². The molecular formula is C15H16O3. The van der Waals surface area contributed by atoms with Gasteiger partial charge in [-0.15, -0.1) is 0 Å². The predicted octanol–water partition coefficient (Wildman–Crippen LogP) is 3.43. The van der Waals surface area contributed by atoms with E-state index in [0.717, 1.165) is 22.1 Å². The number of carbonyl (C=O) groups is 1. The number of hydrogen-bond donors (Lipinski definition) is 1. The third-order valence-corrected chi connectivity index (χ3v) is 3.18. The van der Waals surface area contributed by atoms with Crippen LogP contribution in [0.4, 0.5) is 0 Å². The molecule has 0 aromatic heterocycles. The normalized spacial score (nSPS) is 12.3. The van der Waals surface area contributed by atoms with Crippen molar-refractivity contribution in [1.82, 2.24) is 0 Å². The van der Waals surface area contributed by atoms with Crippen molar-refractivity contribution in [2.24, 2.45) is 0 Å². The van der Waals surface area contributed by atoms with Crippen molar-refractivity contribution in [2.45, 2.75) is 19.3 Å². The standard InChI is InChI=1S/C15H16O3/c1-3-14(15(16)17)12-5-4-11-9-13(18-2)7-6-10(11)8-12/h4-9,14H,3H2,1-2H3,(H,16,17)/t14-/m0/s1. The maximum Gasteiger partial charge on any atom is 0.310 e. The first-order valence-corrected chi connectivity index (χ1v) is 5.96. The van der Waals surface area contributed by atoms with Gasteiger partial charge in [0.25, 0.3) is 0 Å². The van der Waals surface area contributed by atoms with Crippen LogP contribution in [0.3, 0.4) is 0 Å². The van der Waals surface area contributed by atoms with E-state index in [0.29, 0.717) is 6.42 Å². The van der Waals surface area contributed by atoms with Crippen LogP contribution < -0.4 is 4.74 Å². The molecule has 2 rings (SSSR count). The molecule has 2 aromatic rings. The number of hydrogen-bond acceptors (Lipinski definition) is 2. The van der Waals surface area contributed by atoms with E-state index in [1.165, 1.54) is 0 Å². The molecule has 0 bridgehead atoms. The Hall–Kier alpha value is -2.03. The highest BCUT2D eigenvalue weighted by Gasteiger charge is 2.17. The first kappa shape index (κ1) is 12.4. The van der Waals surface area contributed by atoms with E-state index in [2.05, 4.69) is 0 Å². The van der Waals surface area contributed by atoms with Gasteiger partial charge < -0.3 is 9.84 Å². The molecule has 0 unspecified atom stereocenters. The number of rotatable bonds is 4. The Morgan fingerprint density at radius 3 is 2.50 bits per heavy atom. The fourth-order valence-electron chi connectivity index (χ4n) is 2.14. The van der Waals surface area contributed by atoms with Gasteiger partial charge in [-0.2, -0.15) is 0 Å². The van der Waals surface area contributed by atoms with Crippen LogP contribution in [0.1, 0.15) is 24.8 Å². The summed E-state index contributed by atoms with van der Waals surface area (Å²) >= 11 is 0. The van der Waals surface area contributed by atoms with Gasteiger partial charge in [0.1, 0.15) is 5.75 Å². The maximum atomic E-state index is 11.1. The average Bonchev–Trinajstić information content (AvgIpc) is 2.38. The molecule has 0 fully saturated rings. The zero-order valence-electron chi connectivity index (χ0n) is 10.5. The highest BCUT2D eigenvalue weighted by Crippen LogP contribution is 2.26. The van der Waals surface area contributed by atoms with Crippen LogP contribution in [0.2, 0.25) is 0 Å². The number of methoxy groups -OCH3 is 1. The smallest absolute Gasteiger partial charge is 0.310 e. The molecule has 3 nitrogen and oxygen atoms in total. The topological polar surface area (TPSA) is 46.5 Å². The highest BCUT2D eigenvalue weighted by molar-refractivity contribution is 5.86. The Kier molecular flexibility index (Phi) is 3.51. The van der Waals surface area contributed by atoms with Gasteiger partial charge in [0.05, 0.1) is 13.0 Å². The van der Waals surface area contributed by atoms with Crippen LogP contribution in [0.5, 0.6) is 5.75 Å². The van der Waals surface area contributed by atoms with Crippen LogP contribution in [0, 0.1) is 0 Å². The molecular weight excluding hydrogens is 228 g/mol. The second-order valence-corrected chi connectivity index (χ2v) is 4.27. The van der Waals surface area contributed by atoms with Crippen molar-refractivity contribution in [3.63, 3.8) is 0 Å². The van der Waals surface area contributed by atoms with Crippen molar-refractivity contribution in [1.29, 1.82) is 0 Å². The van der Waals surface area contributed by atoms with Crippen molar-refractivity contribution in [2.75, 3.05) is 7.11 Å². The summed E-state index contributed by atoms with van der Waals surface area (Å²) < 4.78 is 5.17. The first-order valence-electron chi connectivity index (χ1n) is 5.96. The van der Waals surface area contributed by atoms with E-state index < -0.39 is 11.9 Å². The number of carboxylic acids is 1. The van der Waals surface area contributed by atoms with Crippen molar-refractivity contribution in [3.8, 4) is 5.75 Å². The maximum absolute atomic E-state index is 11.1. The number of ether oxygens (including phenoxy) is 1. The molecule has 0 amide bonds. The second kappa shape index (κ2) is 5.08. The Morgan fingerprint density at radius 1 is 1.22 bits per heavy atom. The summed E-state index contributed by atoms with van der Waals surface area (Å²) in [5.41, 5.74) is 0.850. The van der Waals surface area contributed by atoms with Gasteiger partial charge in [-0.25, -0.2) is 0 Å². The molecule has 0 aliphatic heterocycles. The number of carboxylic acid groups (broad SMARTS) is 1. The van der Waals surface area contributed by atoms with Crippen molar-refractivity contribution in [3.05, 3.63) is 42.0 Å². The molecule has 18 heavy (non-hydrogen) atoms. The van der Waals surface area contributed by atoms with Gasteiger partial charge >= 0.3 is 5.97 Å². The molecule has 0 aliphatic rings. The van der Waals surface area contributed by atoms with E-state index in [1.54, 1.807) is 7.11 Å². The molecule has 1 atom stereocenters. The fraction of sp³-hybridized carbons (Fsp3) is 0.267. The molecule has 0 radical (unpaired) electrons. The molecule has 1 N–H and O–H groups in total. The summed E-state index contributed by atoms with van der Waals surface area (Å²) in [5, 5.41) is 11.3.